The number of thiophene rings is 1. The normalized spacial score (nSPS) is 21.1. The van der Waals surface area contributed by atoms with E-state index in [0.717, 1.165) is 12.3 Å². The van der Waals surface area contributed by atoms with E-state index in [9.17, 15) is 0 Å². The number of hydrogen-bond donors (Lipinski definition) is 1. The van der Waals surface area contributed by atoms with Crippen LogP contribution in [0.15, 0.2) is 17.5 Å². The smallest absolute Gasteiger partial charge is 0.0116 e. The van der Waals surface area contributed by atoms with Crippen molar-refractivity contribution in [2.75, 3.05) is 0 Å². The summed E-state index contributed by atoms with van der Waals surface area (Å²) >= 11 is 1.84. The molecule has 1 aromatic heterocycles. The van der Waals surface area contributed by atoms with E-state index >= 15 is 0 Å². The van der Waals surface area contributed by atoms with Gasteiger partial charge in [-0.3, -0.25) is 0 Å². The highest BCUT2D eigenvalue weighted by Crippen LogP contribution is 2.26. The van der Waals surface area contributed by atoms with Crippen molar-refractivity contribution < 1.29 is 0 Å². The van der Waals surface area contributed by atoms with Crippen LogP contribution >= 0.6 is 11.3 Å². The Bertz CT molecular complexity index is 260. The van der Waals surface area contributed by atoms with E-state index in [1.165, 1.54) is 43.4 Å². The molecule has 0 spiro atoms. The molecule has 1 fully saturated rings. The maximum atomic E-state index is 6.32. The van der Waals surface area contributed by atoms with E-state index in [0.29, 0.717) is 6.04 Å². The molecule has 0 saturated heterocycles. The minimum Gasteiger partial charge on any atom is -0.327 e. The minimum atomic E-state index is 0.391. The van der Waals surface area contributed by atoms with Crippen molar-refractivity contribution in [3.8, 4) is 0 Å². The zero-order valence-electron chi connectivity index (χ0n) is 9.32. The van der Waals surface area contributed by atoms with Crippen molar-refractivity contribution in [3.63, 3.8) is 0 Å². The van der Waals surface area contributed by atoms with Crippen LogP contribution in [-0.4, -0.2) is 6.04 Å². The van der Waals surface area contributed by atoms with E-state index in [1.807, 2.05) is 11.3 Å². The first kappa shape index (κ1) is 11.2. The van der Waals surface area contributed by atoms with Crippen LogP contribution < -0.4 is 5.73 Å². The zero-order chi connectivity index (χ0) is 10.5. The lowest BCUT2D eigenvalue weighted by molar-refractivity contribution is 0.374. The molecule has 2 heteroatoms. The first-order valence-electron chi connectivity index (χ1n) is 6.14. The van der Waals surface area contributed by atoms with Crippen molar-refractivity contribution in [1.82, 2.24) is 0 Å². The summed E-state index contributed by atoms with van der Waals surface area (Å²) in [5.74, 6) is 0.773. The van der Waals surface area contributed by atoms with Crippen LogP contribution in [0, 0.1) is 5.92 Å². The van der Waals surface area contributed by atoms with E-state index in [1.54, 1.807) is 0 Å². The Kier molecular flexibility index (Phi) is 4.21. The number of rotatable bonds is 3. The predicted octanol–water partition coefficient (Wildman–Crippen LogP) is 3.59. The largest absolute Gasteiger partial charge is 0.327 e. The molecular weight excluding hydrogens is 202 g/mol. The van der Waals surface area contributed by atoms with Gasteiger partial charge in [0.25, 0.3) is 0 Å². The maximum Gasteiger partial charge on any atom is 0.0116 e. The molecule has 2 rings (SSSR count). The summed E-state index contributed by atoms with van der Waals surface area (Å²) in [6.45, 7) is 0. The maximum absolute atomic E-state index is 6.32. The second-order valence-electron chi connectivity index (χ2n) is 4.70. The van der Waals surface area contributed by atoms with E-state index in [2.05, 4.69) is 17.5 Å². The fourth-order valence-electron chi connectivity index (χ4n) is 2.57. The van der Waals surface area contributed by atoms with Gasteiger partial charge in [0, 0.05) is 10.9 Å². The average Bonchev–Trinajstić information content (AvgIpc) is 2.58. The van der Waals surface area contributed by atoms with Gasteiger partial charge in [0.1, 0.15) is 0 Å². The summed E-state index contributed by atoms with van der Waals surface area (Å²) in [5, 5.41) is 2.15. The van der Waals surface area contributed by atoms with Crippen LogP contribution in [0.4, 0.5) is 0 Å². The summed E-state index contributed by atoms with van der Waals surface area (Å²) in [6.07, 6.45) is 9.41. The van der Waals surface area contributed by atoms with Gasteiger partial charge in [-0.05, 0) is 36.6 Å². The lowest BCUT2D eigenvalue weighted by atomic mass is 9.90. The van der Waals surface area contributed by atoms with Crippen molar-refractivity contribution >= 4 is 11.3 Å². The van der Waals surface area contributed by atoms with Gasteiger partial charge in [0.05, 0.1) is 0 Å². The molecule has 84 valence electrons. The third-order valence-corrected chi connectivity index (χ3v) is 4.42. The Labute approximate surface area is 96.7 Å². The molecule has 0 bridgehead atoms. The van der Waals surface area contributed by atoms with Crippen LogP contribution in [0.3, 0.4) is 0 Å². The molecule has 1 aliphatic rings. The molecule has 1 heterocycles. The second-order valence-corrected chi connectivity index (χ2v) is 5.73. The fourth-order valence-corrected chi connectivity index (χ4v) is 3.34. The Morgan fingerprint density at radius 1 is 1.27 bits per heavy atom. The molecule has 1 nitrogen and oxygen atoms in total. The van der Waals surface area contributed by atoms with Crippen LogP contribution in [0.25, 0.3) is 0 Å². The third kappa shape index (κ3) is 3.32. The quantitative estimate of drug-likeness (QED) is 0.779. The third-order valence-electron chi connectivity index (χ3n) is 3.52. The zero-order valence-corrected chi connectivity index (χ0v) is 10.1. The first-order chi connectivity index (χ1) is 7.36. The molecule has 0 aromatic carbocycles. The Morgan fingerprint density at radius 2 is 2.00 bits per heavy atom. The van der Waals surface area contributed by atoms with E-state index in [-0.39, 0.29) is 0 Å². The topological polar surface area (TPSA) is 26.0 Å². The van der Waals surface area contributed by atoms with Crippen LogP contribution in [0.1, 0.15) is 43.4 Å². The summed E-state index contributed by atoms with van der Waals surface area (Å²) < 4.78 is 0. The van der Waals surface area contributed by atoms with Crippen LogP contribution in [-0.2, 0) is 6.42 Å². The summed E-state index contributed by atoms with van der Waals surface area (Å²) in [4.78, 5) is 1.45. The van der Waals surface area contributed by atoms with Crippen LogP contribution in [0.5, 0.6) is 0 Å². The van der Waals surface area contributed by atoms with Crippen LogP contribution in [0.2, 0.25) is 0 Å². The summed E-state index contributed by atoms with van der Waals surface area (Å²) in [6, 6.07) is 4.72. The highest BCUT2D eigenvalue weighted by molar-refractivity contribution is 7.09. The lowest BCUT2D eigenvalue weighted by Gasteiger charge is -2.21. The van der Waals surface area contributed by atoms with Crippen molar-refractivity contribution in [2.45, 2.75) is 51.0 Å². The molecule has 1 atom stereocenters. The van der Waals surface area contributed by atoms with Gasteiger partial charge in [-0.2, -0.15) is 0 Å². The Balaban J connectivity index is 1.86. The number of nitrogens with two attached hydrogens (primary N) is 1. The minimum absolute atomic E-state index is 0.391. The molecule has 15 heavy (non-hydrogen) atoms. The Morgan fingerprint density at radius 3 is 2.60 bits per heavy atom. The van der Waals surface area contributed by atoms with E-state index in [4.69, 9.17) is 5.73 Å². The highest BCUT2D eigenvalue weighted by Gasteiger charge is 2.19. The molecule has 1 aromatic rings. The van der Waals surface area contributed by atoms with Crippen molar-refractivity contribution in [2.24, 2.45) is 11.7 Å². The lowest BCUT2D eigenvalue weighted by Crippen LogP contribution is -2.31. The average molecular weight is 223 g/mol. The van der Waals surface area contributed by atoms with Crippen molar-refractivity contribution in [1.29, 1.82) is 0 Å². The summed E-state index contributed by atoms with van der Waals surface area (Å²) in [7, 11) is 0. The molecule has 1 aliphatic carbocycles. The monoisotopic (exact) mass is 223 g/mol. The first-order valence-corrected chi connectivity index (χ1v) is 7.02. The Hall–Kier alpha value is -0.340. The van der Waals surface area contributed by atoms with Gasteiger partial charge in [0.15, 0.2) is 0 Å². The van der Waals surface area contributed by atoms with Gasteiger partial charge in [0.2, 0.25) is 0 Å². The standard InChI is InChI=1S/C13H21NS/c14-13(10-12-8-5-9-15-12)11-6-3-1-2-4-7-11/h5,8-9,11,13H,1-4,6-7,10,14H2. The molecule has 0 aliphatic heterocycles. The fraction of sp³-hybridized carbons (Fsp3) is 0.692. The number of hydrogen-bond acceptors (Lipinski definition) is 2. The van der Waals surface area contributed by atoms with Crippen molar-refractivity contribution in [3.05, 3.63) is 22.4 Å². The SMILES string of the molecule is NC(Cc1cccs1)C1CCCCCC1. The van der Waals surface area contributed by atoms with Gasteiger partial charge in [-0.1, -0.05) is 31.7 Å². The summed E-state index contributed by atoms with van der Waals surface area (Å²) in [5.41, 5.74) is 6.32. The van der Waals surface area contributed by atoms with Gasteiger partial charge in [-0.15, -0.1) is 11.3 Å². The van der Waals surface area contributed by atoms with Gasteiger partial charge >= 0.3 is 0 Å². The highest BCUT2D eigenvalue weighted by atomic mass is 32.1. The van der Waals surface area contributed by atoms with E-state index < -0.39 is 0 Å². The van der Waals surface area contributed by atoms with Gasteiger partial charge < -0.3 is 5.73 Å². The molecular formula is C13H21NS. The molecule has 0 radical (unpaired) electrons. The second kappa shape index (κ2) is 5.66. The molecule has 1 saturated carbocycles. The molecule has 1 unspecified atom stereocenters. The predicted molar refractivity (Wildman–Crippen MR) is 67.2 cm³/mol. The van der Waals surface area contributed by atoms with Gasteiger partial charge in [-0.25, -0.2) is 0 Å². The molecule has 2 N–H and O–H groups in total. The molecule has 0 amide bonds.